The van der Waals surface area contributed by atoms with Crippen molar-refractivity contribution in [2.45, 2.75) is 32.5 Å². The van der Waals surface area contributed by atoms with Gasteiger partial charge in [-0.25, -0.2) is 0 Å². The van der Waals surface area contributed by atoms with Crippen LogP contribution in [-0.2, 0) is 13.2 Å². The first-order chi connectivity index (χ1) is 8.72. The minimum absolute atomic E-state index is 0.130. The third-order valence-electron chi connectivity index (χ3n) is 3.97. The molecule has 1 aromatic carbocycles. The van der Waals surface area contributed by atoms with Crippen molar-refractivity contribution in [3.63, 3.8) is 0 Å². The third-order valence-corrected chi connectivity index (χ3v) is 3.97. The molecule has 0 bridgehead atoms. The first kappa shape index (κ1) is 13.5. The molecule has 2 unspecified atom stereocenters. The van der Waals surface area contributed by atoms with Gasteiger partial charge in [-0.3, -0.25) is 4.90 Å². The average Bonchev–Trinajstić information content (AvgIpc) is 2.40. The quantitative estimate of drug-likeness (QED) is 0.850. The predicted molar refractivity (Wildman–Crippen MR) is 74.3 cm³/mol. The Balaban J connectivity index is 1.89. The maximum absolute atomic E-state index is 9.02. The summed E-state index contributed by atoms with van der Waals surface area (Å²) in [5.41, 5.74) is 2.32. The lowest BCUT2D eigenvalue weighted by molar-refractivity contribution is 0.145. The molecule has 2 rings (SSSR count). The molecule has 3 nitrogen and oxygen atoms in total. The molecular weight excluding hydrogens is 224 g/mol. The van der Waals surface area contributed by atoms with Crippen molar-refractivity contribution >= 4 is 0 Å². The maximum Gasteiger partial charge on any atom is 0.0681 e. The zero-order valence-corrected chi connectivity index (χ0v) is 11.4. The summed E-state index contributed by atoms with van der Waals surface area (Å²) in [6.07, 6.45) is 1.23. The highest BCUT2D eigenvalue weighted by Gasteiger charge is 2.24. The van der Waals surface area contributed by atoms with Gasteiger partial charge < -0.3 is 10.4 Å². The van der Waals surface area contributed by atoms with Gasteiger partial charge in [-0.1, -0.05) is 31.2 Å². The van der Waals surface area contributed by atoms with E-state index in [1.807, 2.05) is 12.1 Å². The van der Waals surface area contributed by atoms with Gasteiger partial charge in [0.2, 0.25) is 0 Å². The minimum Gasteiger partial charge on any atom is -0.392 e. The molecule has 18 heavy (non-hydrogen) atoms. The van der Waals surface area contributed by atoms with Gasteiger partial charge in [0.05, 0.1) is 6.61 Å². The SMILES string of the molecule is CNC1CCN(Cc2ccc(CO)cc2)CC1C. The Kier molecular flexibility index (Phi) is 4.75. The molecule has 1 heterocycles. The highest BCUT2D eigenvalue weighted by molar-refractivity contribution is 5.21. The lowest BCUT2D eigenvalue weighted by Crippen LogP contribution is -2.46. The molecule has 1 fully saturated rings. The second-order valence-electron chi connectivity index (χ2n) is 5.37. The fraction of sp³-hybridized carbons (Fsp3) is 0.600. The molecule has 0 amide bonds. The second kappa shape index (κ2) is 6.32. The van der Waals surface area contributed by atoms with Crippen LogP contribution in [0.5, 0.6) is 0 Å². The molecule has 1 aliphatic heterocycles. The summed E-state index contributed by atoms with van der Waals surface area (Å²) in [6, 6.07) is 8.94. The molecule has 2 atom stereocenters. The van der Waals surface area contributed by atoms with E-state index in [4.69, 9.17) is 5.11 Å². The van der Waals surface area contributed by atoms with Gasteiger partial charge in [0.1, 0.15) is 0 Å². The molecule has 100 valence electrons. The normalized spacial score (nSPS) is 25.3. The number of rotatable bonds is 4. The van der Waals surface area contributed by atoms with Crippen LogP contribution in [0.25, 0.3) is 0 Å². The molecule has 0 saturated carbocycles. The van der Waals surface area contributed by atoms with Crippen LogP contribution in [0.1, 0.15) is 24.5 Å². The van der Waals surface area contributed by atoms with Gasteiger partial charge in [-0.05, 0) is 37.1 Å². The number of hydrogen-bond donors (Lipinski definition) is 2. The van der Waals surface area contributed by atoms with E-state index in [9.17, 15) is 0 Å². The fourth-order valence-corrected chi connectivity index (χ4v) is 2.81. The number of benzene rings is 1. The van der Waals surface area contributed by atoms with Crippen molar-refractivity contribution in [2.75, 3.05) is 20.1 Å². The van der Waals surface area contributed by atoms with Crippen LogP contribution in [0, 0.1) is 5.92 Å². The van der Waals surface area contributed by atoms with E-state index in [-0.39, 0.29) is 6.61 Å². The Labute approximate surface area is 110 Å². The lowest BCUT2D eigenvalue weighted by Gasteiger charge is -2.36. The van der Waals surface area contributed by atoms with Crippen LogP contribution >= 0.6 is 0 Å². The van der Waals surface area contributed by atoms with E-state index in [1.54, 1.807) is 0 Å². The summed E-state index contributed by atoms with van der Waals surface area (Å²) >= 11 is 0. The number of piperidine rings is 1. The summed E-state index contributed by atoms with van der Waals surface area (Å²) in [4.78, 5) is 2.52. The summed E-state index contributed by atoms with van der Waals surface area (Å²) in [5.74, 6) is 0.709. The van der Waals surface area contributed by atoms with E-state index in [0.717, 1.165) is 25.2 Å². The van der Waals surface area contributed by atoms with E-state index in [2.05, 4.69) is 36.3 Å². The molecular formula is C15H24N2O. The van der Waals surface area contributed by atoms with Gasteiger partial charge in [-0.15, -0.1) is 0 Å². The van der Waals surface area contributed by atoms with Crippen molar-refractivity contribution in [1.82, 2.24) is 10.2 Å². The van der Waals surface area contributed by atoms with Crippen LogP contribution < -0.4 is 5.32 Å². The Hall–Kier alpha value is -0.900. The number of likely N-dealkylation sites (tertiary alicyclic amines) is 1. The van der Waals surface area contributed by atoms with Crippen LogP contribution in [0.15, 0.2) is 24.3 Å². The zero-order valence-electron chi connectivity index (χ0n) is 11.4. The number of nitrogens with zero attached hydrogens (tertiary/aromatic N) is 1. The largest absolute Gasteiger partial charge is 0.392 e. The monoisotopic (exact) mass is 248 g/mol. The van der Waals surface area contributed by atoms with Gasteiger partial charge in [0.15, 0.2) is 0 Å². The van der Waals surface area contributed by atoms with Crippen LogP contribution in [0.3, 0.4) is 0 Å². The van der Waals surface area contributed by atoms with Gasteiger partial charge in [-0.2, -0.15) is 0 Å². The molecule has 0 radical (unpaired) electrons. The van der Waals surface area contributed by atoms with E-state index in [0.29, 0.717) is 12.0 Å². The topological polar surface area (TPSA) is 35.5 Å². The van der Waals surface area contributed by atoms with Gasteiger partial charge >= 0.3 is 0 Å². The first-order valence-electron chi connectivity index (χ1n) is 6.81. The minimum atomic E-state index is 0.130. The number of aliphatic hydroxyl groups is 1. The predicted octanol–water partition coefficient (Wildman–Crippen LogP) is 1.61. The van der Waals surface area contributed by atoms with Crippen molar-refractivity contribution in [1.29, 1.82) is 0 Å². The smallest absolute Gasteiger partial charge is 0.0681 e. The van der Waals surface area contributed by atoms with Gasteiger partial charge in [0.25, 0.3) is 0 Å². The summed E-state index contributed by atoms with van der Waals surface area (Å²) in [6.45, 7) is 5.80. The van der Waals surface area contributed by atoms with Crippen LogP contribution in [0.4, 0.5) is 0 Å². The molecule has 1 aliphatic rings. The standard InChI is InChI=1S/C15H24N2O/c1-12-9-17(8-7-15(12)16-2)10-13-3-5-14(11-18)6-4-13/h3-6,12,15-16,18H,7-11H2,1-2H3. The first-order valence-corrected chi connectivity index (χ1v) is 6.81. The highest BCUT2D eigenvalue weighted by atomic mass is 16.3. The van der Waals surface area contributed by atoms with Gasteiger partial charge in [0, 0.05) is 19.1 Å². The Morgan fingerprint density at radius 3 is 2.50 bits per heavy atom. The van der Waals surface area contributed by atoms with E-state index in [1.165, 1.54) is 12.0 Å². The number of hydrogen-bond acceptors (Lipinski definition) is 3. The fourth-order valence-electron chi connectivity index (χ4n) is 2.81. The Morgan fingerprint density at radius 1 is 1.28 bits per heavy atom. The third kappa shape index (κ3) is 3.31. The Morgan fingerprint density at radius 2 is 1.94 bits per heavy atom. The van der Waals surface area contributed by atoms with Crippen molar-refractivity contribution < 1.29 is 5.11 Å². The zero-order chi connectivity index (χ0) is 13.0. The number of nitrogens with one attached hydrogen (secondary N) is 1. The Bertz CT molecular complexity index is 363. The van der Waals surface area contributed by atoms with Crippen molar-refractivity contribution in [2.24, 2.45) is 5.92 Å². The van der Waals surface area contributed by atoms with E-state index < -0.39 is 0 Å². The van der Waals surface area contributed by atoms with Crippen molar-refractivity contribution in [3.05, 3.63) is 35.4 Å². The lowest BCUT2D eigenvalue weighted by atomic mass is 9.93. The van der Waals surface area contributed by atoms with Crippen LogP contribution in [-0.4, -0.2) is 36.2 Å². The summed E-state index contributed by atoms with van der Waals surface area (Å²) in [7, 11) is 2.06. The highest BCUT2D eigenvalue weighted by Crippen LogP contribution is 2.18. The van der Waals surface area contributed by atoms with Crippen molar-refractivity contribution in [3.8, 4) is 0 Å². The average molecular weight is 248 g/mol. The van der Waals surface area contributed by atoms with E-state index >= 15 is 0 Å². The molecule has 2 N–H and O–H groups in total. The summed E-state index contributed by atoms with van der Waals surface area (Å²) < 4.78 is 0. The molecule has 3 heteroatoms. The molecule has 0 spiro atoms. The maximum atomic E-state index is 9.02. The molecule has 0 aromatic heterocycles. The van der Waals surface area contributed by atoms with Crippen LogP contribution in [0.2, 0.25) is 0 Å². The molecule has 1 aromatic rings. The second-order valence-corrected chi connectivity index (χ2v) is 5.37. The number of aliphatic hydroxyl groups excluding tert-OH is 1. The summed E-state index contributed by atoms with van der Waals surface area (Å²) in [5, 5.41) is 12.4. The molecule has 1 saturated heterocycles. The molecule has 0 aliphatic carbocycles.